The van der Waals surface area contributed by atoms with Gasteiger partial charge in [0.15, 0.2) is 0 Å². The van der Waals surface area contributed by atoms with Gasteiger partial charge >= 0.3 is 5.22 Å². The second kappa shape index (κ2) is 5.78. The lowest BCUT2D eigenvalue weighted by atomic mass is 10.1. The first-order chi connectivity index (χ1) is 10.1. The third-order valence-corrected chi connectivity index (χ3v) is 5.17. The summed E-state index contributed by atoms with van der Waals surface area (Å²) in [6.45, 7) is 3.40. The monoisotopic (exact) mass is 345 g/mol. The number of rotatable bonds is 5. The lowest BCUT2D eigenvalue weighted by molar-refractivity contribution is 0.394. The van der Waals surface area contributed by atoms with Gasteiger partial charge in [-0.2, -0.15) is 0 Å². The Morgan fingerprint density at radius 2 is 1.77 bits per heavy atom. The molecule has 0 bridgehead atoms. The number of benzene rings is 1. The summed E-state index contributed by atoms with van der Waals surface area (Å²) in [6.07, 6.45) is 0.920. The van der Waals surface area contributed by atoms with Gasteiger partial charge in [0.2, 0.25) is 25.8 Å². The van der Waals surface area contributed by atoms with Crippen molar-refractivity contribution >= 4 is 19.9 Å². The molecule has 22 heavy (non-hydrogen) atoms. The quantitative estimate of drug-likeness (QED) is 0.841. The highest BCUT2D eigenvalue weighted by atomic mass is 32.2. The van der Waals surface area contributed by atoms with Crippen LogP contribution < -0.4 is 4.72 Å². The Morgan fingerprint density at radius 1 is 1.09 bits per heavy atom. The summed E-state index contributed by atoms with van der Waals surface area (Å²) in [5.41, 5.74) is 1.83. The van der Waals surface area contributed by atoms with Crippen LogP contribution in [0.2, 0.25) is 0 Å². The number of nitrogens with one attached hydrogen (secondary N) is 1. The molecule has 1 aromatic carbocycles. The molecule has 0 unspecified atom stereocenters. The van der Waals surface area contributed by atoms with E-state index >= 15 is 0 Å². The Bertz CT molecular complexity index is 901. The fourth-order valence-electron chi connectivity index (χ4n) is 1.58. The van der Waals surface area contributed by atoms with E-state index in [0.717, 1.165) is 17.4 Å². The molecule has 120 valence electrons. The zero-order valence-electron chi connectivity index (χ0n) is 12.2. The molecule has 0 atom stereocenters. The first kappa shape index (κ1) is 16.6. The standard InChI is InChI=1S/C12H15N3O5S2/c1-8-4-5-10(6-9(8)2)22(18,19)13-7-11-14-15-12(20-11)21(3,16)17/h4-6,13H,7H2,1-3H3. The van der Waals surface area contributed by atoms with Gasteiger partial charge in [-0.1, -0.05) is 11.2 Å². The van der Waals surface area contributed by atoms with E-state index in [1.807, 2.05) is 13.8 Å². The normalized spacial score (nSPS) is 12.5. The second-order valence-electron chi connectivity index (χ2n) is 4.80. The molecular formula is C12H15N3O5S2. The van der Waals surface area contributed by atoms with E-state index in [-0.39, 0.29) is 17.3 Å². The van der Waals surface area contributed by atoms with Crippen LogP contribution in [0.3, 0.4) is 0 Å². The fourth-order valence-corrected chi connectivity index (χ4v) is 3.08. The smallest absolute Gasteiger partial charge is 0.335 e. The highest BCUT2D eigenvalue weighted by Gasteiger charge is 2.19. The molecule has 2 rings (SSSR count). The van der Waals surface area contributed by atoms with Gasteiger partial charge in [-0.25, -0.2) is 21.6 Å². The van der Waals surface area contributed by atoms with Crippen LogP contribution in [0, 0.1) is 13.8 Å². The Hall–Kier alpha value is -1.78. The molecule has 0 spiro atoms. The Kier molecular flexibility index (Phi) is 4.36. The van der Waals surface area contributed by atoms with Gasteiger partial charge in [0.25, 0.3) is 0 Å². The summed E-state index contributed by atoms with van der Waals surface area (Å²) in [5.74, 6) is -0.132. The molecule has 0 saturated heterocycles. The van der Waals surface area contributed by atoms with Gasteiger partial charge in [0.1, 0.15) is 0 Å². The lowest BCUT2D eigenvalue weighted by Gasteiger charge is -2.07. The van der Waals surface area contributed by atoms with Crippen molar-refractivity contribution in [2.75, 3.05) is 6.26 Å². The van der Waals surface area contributed by atoms with Crippen molar-refractivity contribution in [2.45, 2.75) is 30.5 Å². The third-order valence-electron chi connectivity index (χ3n) is 2.97. The summed E-state index contributed by atoms with van der Waals surface area (Å²) in [7, 11) is -7.37. The van der Waals surface area contributed by atoms with E-state index in [1.165, 1.54) is 6.07 Å². The van der Waals surface area contributed by atoms with Crippen LogP contribution in [-0.2, 0) is 26.4 Å². The van der Waals surface area contributed by atoms with Crippen LogP contribution in [0.5, 0.6) is 0 Å². The van der Waals surface area contributed by atoms with E-state index in [4.69, 9.17) is 4.42 Å². The van der Waals surface area contributed by atoms with Gasteiger partial charge in [0, 0.05) is 6.26 Å². The zero-order valence-corrected chi connectivity index (χ0v) is 13.8. The molecule has 2 aromatic rings. The van der Waals surface area contributed by atoms with Crippen molar-refractivity contribution in [2.24, 2.45) is 0 Å². The van der Waals surface area contributed by atoms with Gasteiger partial charge in [0.05, 0.1) is 11.4 Å². The molecule has 1 aromatic heterocycles. The van der Waals surface area contributed by atoms with Crippen LogP contribution >= 0.6 is 0 Å². The molecule has 0 radical (unpaired) electrons. The number of sulfone groups is 1. The maximum absolute atomic E-state index is 12.2. The Morgan fingerprint density at radius 3 is 2.32 bits per heavy atom. The number of aryl methyl sites for hydroxylation is 2. The molecule has 0 aliphatic rings. The molecule has 0 fully saturated rings. The summed E-state index contributed by atoms with van der Waals surface area (Å²) in [4.78, 5) is 0.110. The van der Waals surface area contributed by atoms with Gasteiger partial charge < -0.3 is 4.42 Å². The van der Waals surface area contributed by atoms with Crippen LogP contribution in [0.4, 0.5) is 0 Å². The molecule has 0 amide bonds. The number of hydrogen-bond donors (Lipinski definition) is 1. The minimum atomic E-state index is -3.75. The van der Waals surface area contributed by atoms with Gasteiger partial charge in [-0.3, -0.25) is 0 Å². The Balaban J connectivity index is 2.16. The number of aromatic nitrogens is 2. The predicted octanol–water partition coefficient (Wildman–Crippen LogP) is 0.568. The SMILES string of the molecule is Cc1ccc(S(=O)(=O)NCc2nnc(S(C)(=O)=O)o2)cc1C. The van der Waals surface area contributed by atoms with Crippen molar-refractivity contribution in [3.05, 3.63) is 35.2 Å². The molecular weight excluding hydrogens is 330 g/mol. The maximum Gasteiger partial charge on any atom is 0.335 e. The van der Waals surface area contributed by atoms with E-state index in [1.54, 1.807) is 12.1 Å². The van der Waals surface area contributed by atoms with Crippen molar-refractivity contribution in [1.82, 2.24) is 14.9 Å². The first-order valence-corrected chi connectivity index (χ1v) is 9.56. The second-order valence-corrected chi connectivity index (χ2v) is 8.47. The largest absolute Gasteiger partial charge is 0.411 e. The van der Waals surface area contributed by atoms with E-state index in [0.29, 0.717) is 0 Å². The highest BCUT2D eigenvalue weighted by Crippen LogP contribution is 2.15. The summed E-state index contributed by atoms with van der Waals surface area (Å²) in [5, 5.41) is 6.29. The average Bonchev–Trinajstić information content (AvgIpc) is 2.88. The molecule has 1 heterocycles. The summed E-state index contributed by atoms with van der Waals surface area (Å²) in [6, 6.07) is 4.74. The number of sulfonamides is 1. The third kappa shape index (κ3) is 3.70. The predicted molar refractivity (Wildman–Crippen MR) is 77.3 cm³/mol. The fraction of sp³-hybridized carbons (Fsp3) is 0.333. The van der Waals surface area contributed by atoms with E-state index in [9.17, 15) is 16.8 Å². The highest BCUT2D eigenvalue weighted by molar-refractivity contribution is 7.90. The molecule has 0 aliphatic carbocycles. The topological polar surface area (TPSA) is 119 Å². The maximum atomic E-state index is 12.2. The molecule has 1 N–H and O–H groups in total. The summed E-state index contributed by atoms with van der Waals surface area (Å²) >= 11 is 0. The molecule has 10 heteroatoms. The van der Waals surface area contributed by atoms with Crippen LogP contribution in [0.15, 0.2) is 32.7 Å². The first-order valence-electron chi connectivity index (χ1n) is 6.19. The van der Waals surface area contributed by atoms with E-state index in [2.05, 4.69) is 14.9 Å². The van der Waals surface area contributed by atoms with Crippen LogP contribution in [0.1, 0.15) is 17.0 Å². The van der Waals surface area contributed by atoms with Crippen molar-refractivity contribution in [3.63, 3.8) is 0 Å². The average molecular weight is 345 g/mol. The number of hydrogen-bond acceptors (Lipinski definition) is 7. The summed E-state index contributed by atoms with van der Waals surface area (Å²) < 4.78 is 53.9. The Labute approximate surface area is 128 Å². The zero-order chi connectivity index (χ0) is 16.5. The van der Waals surface area contributed by atoms with Crippen LogP contribution in [-0.4, -0.2) is 33.3 Å². The van der Waals surface area contributed by atoms with E-state index < -0.39 is 25.1 Å². The van der Waals surface area contributed by atoms with Crippen molar-refractivity contribution in [1.29, 1.82) is 0 Å². The van der Waals surface area contributed by atoms with Gasteiger partial charge in [-0.05, 0) is 37.1 Å². The molecule has 0 aliphatic heterocycles. The lowest BCUT2D eigenvalue weighted by Crippen LogP contribution is -2.23. The van der Waals surface area contributed by atoms with Crippen LogP contribution in [0.25, 0.3) is 0 Å². The number of nitrogens with zero attached hydrogens (tertiary/aromatic N) is 2. The van der Waals surface area contributed by atoms with Gasteiger partial charge in [-0.15, -0.1) is 5.10 Å². The van der Waals surface area contributed by atoms with Crippen molar-refractivity contribution in [3.8, 4) is 0 Å². The minimum absolute atomic E-state index is 0.110. The molecule has 0 saturated carbocycles. The van der Waals surface area contributed by atoms with Crippen molar-refractivity contribution < 1.29 is 21.3 Å². The minimum Gasteiger partial charge on any atom is -0.411 e. The molecule has 8 nitrogen and oxygen atoms in total.